The molecule has 0 spiro atoms. The van der Waals surface area contributed by atoms with Gasteiger partial charge in [-0.25, -0.2) is 14.3 Å². The van der Waals surface area contributed by atoms with Crippen LogP contribution in [0.15, 0.2) is 54.9 Å². The maximum Gasteiger partial charge on any atom is 0.270 e. The van der Waals surface area contributed by atoms with E-state index in [2.05, 4.69) is 15.5 Å². The molecule has 6 nitrogen and oxygen atoms in total. The smallest absolute Gasteiger partial charge is 0.267 e. The second-order valence-electron chi connectivity index (χ2n) is 5.99. The first-order valence-electron chi connectivity index (χ1n) is 8.10. The van der Waals surface area contributed by atoms with E-state index in [9.17, 15) is 4.79 Å². The van der Waals surface area contributed by atoms with Crippen molar-refractivity contribution in [3.63, 3.8) is 0 Å². The molecule has 2 aromatic heterocycles. The molecule has 0 radical (unpaired) electrons. The van der Waals surface area contributed by atoms with Gasteiger partial charge in [0.05, 0.1) is 33.1 Å². The van der Waals surface area contributed by atoms with E-state index in [0.29, 0.717) is 10.6 Å². The summed E-state index contributed by atoms with van der Waals surface area (Å²) in [6, 6.07) is 14.8. The molecule has 0 unspecified atom stereocenters. The molecule has 0 bridgehead atoms. The molecule has 130 valence electrons. The molecule has 0 saturated heterocycles. The van der Waals surface area contributed by atoms with Crippen LogP contribution in [0.1, 0.15) is 21.7 Å². The van der Waals surface area contributed by atoms with Gasteiger partial charge in [0.1, 0.15) is 6.33 Å². The van der Waals surface area contributed by atoms with Gasteiger partial charge in [-0.3, -0.25) is 10.2 Å². The highest BCUT2D eigenvalue weighted by Crippen LogP contribution is 2.22. The van der Waals surface area contributed by atoms with E-state index in [-0.39, 0.29) is 5.91 Å². The van der Waals surface area contributed by atoms with Crippen LogP contribution < -0.4 is 5.43 Å². The fourth-order valence-corrected chi connectivity index (χ4v) is 2.97. The number of amides is 1. The van der Waals surface area contributed by atoms with Crippen LogP contribution in [0.25, 0.3) is 16.7 Å². The lowest BCUT2D eigenvalue weighted by Gasteiger charge is -2.08. The number of nitrogens with zero attached hydrogens (tertiary/aromatic N) is 4. The Hall–Kier alpha value is -3.12. The van der Waals surface area contributed by atoms with Gasteiger partial charge < -0.3 is 0 Å². The van der Waals surface area contributed by atoms with Crippen molar-refractivity contribution in [3.05, 3.63) is 76.8 Å². The van der Waals surface area contributed by atoms with Crippen LogP contribution in [0.5, 0.6) is 0 Å². The van der Waals surface area contributed by atoms with Crippen molar-refractivity contribution in [2.45, 2.75) is 13.8 Å². The maximum atomic E-state index is 12.5. The van der Waals surface area contributed by atoms with Crippen LogP contribution >= 0.6 is 11.6 Å². The lowest BCUT2D eigenvalue weighted by atomic mass is 10.2. The molecule has 0 atom stereocenters. The Morgan fingerprint density at radius 1 is 1.08 bits per heavy atom. The van der Waals surface area contributed by atoms with E-state index in [1.54, 1.807) is 27.8 Å². The van der Waals surface area contributed by atoms with Crippen molar-refractivity contribution in [2.75, 3.05) is 5.43 Å². The van der Waals surface area contributed by atoms with Gasteiger partial charge in [0.2, 0.25) is 0 Å². The van der Waals surface area contributed by atoms with Crippen LogP contribution in [0, 0.1) is 13.8 Å². The minimum atomic E-state index is -0.217. The van der Waals surface area contributed by atoms with E-state index in [4.69, 9.17) is 11.6 Å². The third kappa shape index (κ3) is 2.74. The standard InChI is InChI=1S/C19H16ClN5O/c1-12-18(20)13(2)25(22-12)15-9-7-14(8-10-15)19(26)23-24-11-21-16-5-3-4-6-17(16)24/h3-11H,1-2H3,(H,23,26). The quantitative estimate of drug-likeness (QED) is 0.599. The number of aromatic nitrogens is 4. The Bertz CT molecular complexity index is 1110. The zero-order valence-corrected chi connectivity index (χ0v) is 15.0. The first-order valence-corrected chi connectivity index (χ1v) is 8.48. The van der Waals surface area contributed by atoms with Gasteiger partial charge in [-0.15, -0.1) is 0 Å². The summed E-state index contributed by atoms with van der Waals surface area (Å²) in [6.07, 6.45) is 1.59. The number of hydrogen-bond donors (Lipinski definition) is 1. The molecule has 2 heterocycles. The Kier molecular flexibility index (Phi) is 3.97. The van der Waals surface area contributed by atoms with Crippen molar-refractivity contribution in [3.8, 4) is 5.69 Å². The highest BCUT2D eigenvalue weighted by atomic mass is 35.5. The second-order valence-corrected chi connectivity index (χ2v) is 6.37. The summed E-state index contributed by atoms with van der Waals surface area (Å²) in [4.78, 5) is 16.8. The molecule has 1 amide bonds. The molecule has 26 heavy (non-hydrogen) atoms. The Morgan fingerprint density at radius 3 is 2.50 bits per heavy atom. The summed E-state index contributed by atoms with van der Waals surface area (Å²) < 4.78 is 3.38. The summed E-state index contributed by atoms with van der Waals surface area (Å²) in [5, 5.41) is 5.07. The second kappa shape index (κ2) is 6.31. The average Bonchev–Trinajstić information content (AvgIpc) is 3.18. The van der Waals surface area contributed by atoms with Gasteiger partial charge in [-0.1, -0.05) is 23.7 Å². The van der Waals surface area contributed by atoms with Gasteiger partial charge in [0.25, 0.3) is 5.91 Å². The number of rotatable bonds is 3. The molecule has 1 N–H and O–H groups in total. The van der Waals surface area contributed by atoms with Crippen LogP contribution in [-0.2, 0) is 0 Å². The fourth-order valence-electron chi connectivity index (χ4n) is 2.85. The molecule has 0 aliphatic heterocycles. The normalized spacial score (nSPS) is 11.0. The number of aryl methyl sites for hydroxylation is 1. The molecule has 0 saturated carbocycles. The predicted octanol–water partition coefficient (Wildman–Crippen LogP) is 3.88. The summed E-state index contributed by atoms with van der Waals surface area (Å²) in [7, 11) is 0. The summed E-state index contributed by atoms with van der Waals surface area (Å²) in [5.74, 6) is -0.217. The van der Waals surface area contributed by atoms with Crippen molar-refractivity contribution in [1.82, 2.24) is 19.4 Å². The van der Waals surface area contributed by atoms with Crippen LogP contribution in [0.4, 0.5) is 0 Å². The Morgan fingerprint density at radius 2 is 1.81 bits per heavy atom. The lowest BCUT2D eigenvalue weighted by Crippen LogP contribution is -2.22. The topological polar surface area (TPSA) is 64.7 Å². The monoisotopic (exact) mass is 365 g/mol. The minimum Gasteiger partial charge on any atom is -0.267 e. The van der Waals surface area contributed by atoms with Crippen LogP contribution in [-0.4, -0.2) is 25.3 Å². The van der Waals surface area contributed by atoms with Gasteiger partial charge in [0, 0.05) is 5.56 Å². The highest BCUT2D eigenvalue weighted by Gasteiger charge is 2.12. The average molecular weight is 366 g/mol. The number of halogens is 1. The highest BCUT2D eigenvalue weighted by molar-refractivity contribution is 6.31. The summed E-state index contributed by atoms with van der Waals surface area (Å²) in [6.45, 7) is 3.77. The largest absolute Gasteiger partial charge is 0.270 e. The number of benzene rings is 2. The molecule has 2 aromatic carbocycles. The van der Waals surface area contributed by atoms with E-state index in [1.807, 2.05) is 50.2 Å². The van der Waals surface area contributed by atoms with E-state index in [0.717, 1.165) is 28.1 Å². The number of para-hydroxylation sites is 2. The molecule has 4 rings (SSSR count). The van der Waals surface area contributed by atoms with Crippen LogP contribution in [0.2, 0.25) is 5.02 Å². The third-order valence-electron chi connectivity index (χ3n) is 4.25. The van der Waals surface area contributed by atoms with Gasteiger partial charge in [0.15, 0.2) is 0 Å². The van der Waals surface area contributed by atoms with E-state index < -0.39 is 0 Å². The van der Waals surface area contributed by atoms with Crippen LogP contribution in [0.3, 0.4) is 0 Å². The molecular weight excluding hydrogens is 350 g/mol. The molecule has 0 fully saturated rings. The maximum absolute atomic E-state index is 12.5. The third-order valence-corrected chi connectivity index (χ3v) is 4.80. The number of nitrogens with one attached hydrogen (secondary N) is 1. The lowest BCUT2D eigenvalue weighted by molar-refractivity contribution is 0.101. The van der Waals surface area contributed by atoms with Gasteiger partial charge in [-0.2, -0.15) is 5.10 Å². The summed E-state index contributed by atoms with van der Waals surface area (Å²) >= 11 is 6.20. The molecule has 0 aliphatic carbocycles. The molecule has 4 aromatic rings. The van der Waals surface area contributed by atoms with Crippen molar-refractivity contribution < 1.29 is 4.79 Å². The molecule has 0 aliphatic rings. The number of carbonyl (C=O) groups is 1. The van der Waals surface area contributed by atoms with Gasteiger partial charge >= 0.3 is 0 Å². The minimum absolute atomic E-state index is 0.217. The number of carbonyl (C=O) groups excluding carboxylic acids is 1. The predicted molar refractivity (Wildman–Crippen MR) is 101 cm³/mol. The first kappa shape index (κ1) is 16.4. The van der Waals surface area contributed by atoms with Crippen molar-refractivity contribution in [1.29, 1.82) is 0 Å². The zero-order chi connectivity index (χ0) is 18.3. The number of hydrogen-bond acceptors (Lipinski definition) is 3. The molecule has 7 heteroatoms. The zero-order valence-electron chi connectivity index (χ0n) is 14.3. The number of fused-ring (bicyclic) bond motifs is 1. The van der Waals surface area contributed by atoms with Crippen molar-refractivity contribution >= 4 is 28.5 Å². The molecular formula is C19H16ClN5O. The summed E-state index contributed by atoms with van der Waals surface area (Å²) in [5.41, 5.74) is 7.54. The van der Waals surface area contributed by atoms with E-state index in [1.165, 1.54) is 0 Å². The van der Waals surface area contributed by atoms with Gasteiger partial charge in [-0.05, 0) is 50.2 Å². The van der Waals surface area contributed by atoms with Crippen molar-refractivity contribution in [2.24, 2.45) is 0 Å². The first-order chi connectivity index (χ1) is 12.5. The van der Waals surface area contributed by atoms with E-state index >= 15 is 0 Å². The fraction of sp³-hybridized carbons (Fsp3) is 0.105. The SMILES string of the molecule is Cc1nn(-c2ccc(C(=O)Nn3cnc4ccccc43)cc2)c(C)c1Cl. The Balaban J connectivity index is 1.58. The Labute approximate surface area is 155 Å². The number of imidazole rings is 1.